The molecule has 1 fully saturated rings. The van der Waals surface area contributed by atoms with Crippen LogP contribution in [0, 0.1) is 0 Å². The number of hydrogen-bond donors (Lipinski definition) is 1. The zero-order valence-electron chi connectivity index (χ0n) is 18.5. The molecule has 1 atom stereocenters. The van der Waals surface area contributed by atoms with E-state index in [0.717, 1.165) is 0 Å². The lowest BCUT2D eigenvalue weighted by Gasteiger charge is -2.40. The molecule has 1 saturated heterocycles. The van der Waals surface area contributed by atoms with Crippen molar-refractivity contribution in [2.24, 2.45) is 0 Å². The second kappa shape index (κ2) is 10.6. The third-order valence-corrected chi connectivity index (χ3v) is 6.46. The predicted molar refractivity (Wildman–Crippen MR) is 122 cm³/mol. The predicted octanol–water partition coefficient (Wildman–Crippen LogP) is 3.06. The van der Waals surface area contributed by atoms with E-state index in [1.807, 2.05) is 6.92 Å². The molecule has 2 aliphatic rings. The van der Waals surface area contributed by atoms with Gasteiger partial charge in [-0.15, -0.1) is 0 Å². The summed E-state index contributed by atoms with van der Waals surface area (Å²) in [6, 6.07) is 4.02. The van der Waals surface area contributed by atoms with Crippen molar-refractivity contribution in [3.05, 3.63) is 45.1 Å². The number of piperazine rings is 1. The number of amides is 3. The van der Waals surface area contributed by atoms with Crippen LogP contribution >= 0.6 is 23.2 Å². The standard InChI is InChI=1S/C22H28Cl2N4O4/c1-4-28-18(13-26-8-10-27(11-9-26)14(3)29)19(21(30)32-5-2)20(25-22(28)31)15-6-7-16(23)17(24)12-15/h6-7,12,20H,4-5,8-11,13H2,1-3H3,(H,25,31). The molecule has 0 aromatic heterocycles. The molecule has 0 bridgehead atoms. The second-order valence-corrected chi connectivity index (χ2v) is 8.48. The number of rotatable bonds is 6. The Morgan fingerprint density at radius 3 is 2.38 bits per heavy atom. The van der Waals surface area contributed by atoms with Gasteiger partial charge in [0.1, 0.15) is 0 Å². The molecular formula is C22H28Cl2N4O4. The van der Waals surface area contributed by atoms with Gasteiger partial charge in [-0.3, -0.25) is 14.6 Å². The Morgan fingerprint density at radius 1 is 1.12 bits per heavy atom. The topological polar surface area (TPSA) is 82.2 Å². The van der Waals surface area contributed by atoms with Crippen LogP contribution in [0.3, 0.4) is 0 Å². The Hall–Kier alpha value is -2.29. The van der Waals surface area contributed by atoms with Gasteiger partial charge in [-0.1, -0.05) is 29.3 Å². The molecule has 174 valence electrons. The van der Waals surface area contributed by atoms with Gasteiger partial charge in [-0.25, -0.2) is 9.59 Å². The highest BCUT2D eigenvalue weighted by Crippen LogP contribution is 2.34. The summed E-state index contributed by atoms with van der Waals surface area (Å²) in [5, 5.41) is 3.64. The molecule has 3 amide bonds. The van der Waals surface area contributed by atoms with Crippen LogP contribution in [0.2, 0.25) is 10.0 Å². The van der Waals surface area contributed by atoms with E-state index in [2.05, 4.69) is 10.2 Å². The third kappa shape index (κ3) is 5.19. The van der Waals surface area contributed by atoms with E-state index >= 15 is 0 Å². The number of hydrogen-bond acceptors (Lipinski definition) is 5. The molecule has 1 aromatic carbocycles. The molecule has 0 saturated carbocycles. The lowest BCUT2D eigenvalue weighted by molar-refractivity contribution is -0.139. The van der Waals surface area contributed by atoms with Crippen molar-refractivity contribution < 1.29 is 19.1 Å². The van der Waals surface area contributed by atoms with E-state index in [9.17, 15) is 14.4 Å². The summed E-state index contributed by atoms with van der Waals surface area (Å²) in [6.07, 6.45) is 0. The van der Waals surface area contributed by atoms with Gasteiger partial charge in [-0.05, 0) is 31.5 Å². The molecular weight excluding hydrogens is 455 g/mol. The Balaban J connectivity index is 2.02. The van der Waals surface area contributed by atoms with Gasteiger partial charge in [0.15, 0.2) is 0 Å². The van der Waals surface area contributed by atoms with Crippen molar-refractivity contribution in [3.8, 4) is 0 Å². The van der Waals surface area contributed by atoms with Crippen molar-refractivity contribution in [1.29, 1.82) is 0 Å². The van der Waals surface area contributed by atoms with Crippen LogP contribution in [0.5, 0.6) is 0 Å². The van der Waals surface area contributed by atoms with Crippen molar-refractivity contribution in [2.75, 3.05) is 45.9 Å². The third-order valence-electron chi connectivity index (χ3n) is 5.72. The zero-order chi connectivity index (χ0) is 23.4. The molecule has 10 heteroatoms. The first-order chi connectivity index (χ1) is 15.3. The molecule has 2 aliphatic heterocycles. The van der Waals surface area contributed by atoms with Gasteiger partial charge < -0.3 is 15.0 Å². The van der Waals surface area contributed by atoms with E-state index in [1.165, 1.54) is 0 Å². The maximum absolute atomic E-state index is 13.1. The number of likely N-dealkylation sites (N-methyl/N-ethyl adjacent to an activating group) is 1. The number of ether oxygens (including phenoxy) is 1. The van der Waals surface area contributed by atoms with Crippen LogP contribution in [0.1, 0.15) is 32.4 Å². The van der Waals surface area contributed by atoms with Crippen LogP contribution in [-0.4, -0.2) is 78.5 Å². The Morgan fingerprint density at radius 2 is 1.81 bits per heavy atom. The lowest BCUT2D eigenvalue weighted by atomic mass is 9.94. The number of urea groups is 1. The highest BCUT2D eigenvalue weighted by Gasteiger charge is 2.38. The minimum absolute atomic E-state index is 0.0444. The minimum Gasteiger partial charge on any atom is -0.463 e. The molecule has 1 N–H and O–H groups in total. The number of benzene rings is 1. The fourth-order valence-corrected chi connectivity index (χ4v) is 4.34. The molecule has 1 aromatic rings. The first kappa shape index (κ1) is 24.4. The molecule has 0 aliphatic carbocycles. The average molecular weight is 483 g/mol. The number of halogens is 2. The number of nitrogens with one attached hydrogen (secondary N) is 1. The number of esters is 1. The fraction of sp³-hybridized carbons (Fsp3) is 0.500. The second-order valence-electron chi connectivity index (χ2n) is 7.66. The van der Waals surface area contributed by atoms with Gasteiger partial charge in [-0.2, -0.15) is 0 Å². The van der Waals surface area contributed by atoms with Gasteiger partial charge in [0.25, 0.3) is 0 Å². The van der Waals surface area contributed by atoms with Gasteiger partial charge in [0.2, 0.25) is 5.91 Å². The molecule has 8 nitrogen and oxygen atoms in total. The molecule has 1 unspecified atom stereocenters. The quantitative estimate of drug-likeness (QED) is 0.630. The van der Waals surface area contributed by atoms with E-state index in [0.29, 0.717) is 66.1 Å². The van der Waals surface area contributed by atoms with Gasteiger partial charge in [0, 0.05) is 51.9 Å². The Labute approximate surface area is 198 Å². The van der Waals surface area contributed by atoms with Crippen molar-refractivity contribution in [2.45, 2.75) is 26.8 Å². The monoisotopic (exact) mass is 482 g/mol. The maximum Gasteiger partial charge on any atom is 0.338 e. The molecule has 2 heterocycles. The zero-order valence-corrected chi connectivity index (χ0v) is 20.0. The van der Waals surface area contributed by atoms with Crippen LogP contribution in [-0.2, 0) is 14.3 Å². The average Bonchev–Trinajstić information content (AvgIpc) is 2.76. The summed E-state index contributed by atoms with van der Waals surface area (Å²) in [7, 11) is 0. The smallest absolute Gasteiger partial charge is 0.338 e. The molecule has 32 heavy (non-hydrogen) atoms. The van der Waals surface area contributed by atoms with E-state index < -0.39 is 12.0 Å². The van der Waals surface area contributed by atoms with Crippen LogP contribution in [0.15, 0.2) is 29.5 Å². The summed E-state index contributed by atoms with van der Waals surface area (Å²) < 4.78 is 5.38. The molecule has 0 spiro atoms. The Bertz CT molecular complexity index is 929. The van der Waals surface area contributed by atoms with Crippen molar-refractivity contribution in [1.82, 2.24) is 20.0 Å². The van der Waals surface area contributed by atoms with Gasteiger partial charge >= 0.3 is 12.0 Å². The largest absolute Gasteiger partial charge is 0.463 e. The van der Waals surface area contributed by atoms with Crippen molar-refractivity contribution >= 4 is 41.1 Å². The van der Waals surface area contributed by atoms with E-state index in [1.54, 1.807) is 41.8 Å². The fourth-order valence-electron chi connectivity index (χ4n) is 4.03. The summed E-state index contributed by atoms with van der Waals surface area (Å²) in [5.74, 6) is -0.442. The van der Waals surface area contributed by atoms with Gasteiger partial charge in [0.05, 0.1) is 28.3 Å². The highest BCUT2D eigenvalue weighted by molar-refractivity contribution is 6.42. The number of carbonyl (C=O) groups is 3. The normalized spacial score (nSPS) is 19.8. The molecule has 0 radical (unpaired) electrons. The highest BCUT2D eigenvalue weighted by atomic mass is 35.5. The summed E-state index contributed by atoms with van der Waals surface area (Å²) in [6.45, 7) is 8.65. The lowest BCUT2D eigenvalue weighted by Crippen LogP contribution is -2.53. The van der Waals surface area contributed by atoms with Crippen molar-refractivity contribution in [3.63, 3.8) is 0 Å². The maximum atomic E-state index is 13.1. The van der Waals surface area contributed by atoms with Crippen LogP contribution in [0.4, 0.5) is 4.79 Å². The number of nitrogens with zero attached hydrogens (tertiary/aromatic N) is 3. The van der Waals surface area contributed by atoms with E-state index in [4.69, 9.17) is 27.9 Å². The summed E-state index contributed by atoms with van der Waals surface area (Å²) >= 11 is 12.3. The summed E-state index contributed by atoms with van der Waals surface area (Å²) in [5.41, 5.74) is 1.62. The Kier molecular flexibility index (Phi) is 8.03. The summed E-state index contributed by atoms with van der Waals surface area (Å²) in [4.78, 5) is 43.2. The minimum atomic E-state index is -0.715. The first-order valence-corrected chi connectivity index (χ1v) is 11.4. The first-order valence-electron chi connectivity index (χ1n) is 10.7. The number of carbonyl (C=O) groups excluding carboxylic acids is 3. The van der Waals surface area contributed by atoms with E-state index in [-0.39, 0.29) is 18.5 Å². The van der Waals surface area contributed by atoms with Crippen LogP contribution in [0.25, 0.3) is 0 Å². The van der Waals surface area contributed by atoms with Crippen LogP contribution < -0.4 is 5.32 Å². The molecule has 3 rings (SSSR count). The SMILES string of the molecule is CCOC(=O)C1=C(CN2CCN(C(C)=O)CC2)N(CC)C(=O)NC1c1ccc(Cl)c(Cl)c1.